The standard InChI is InChI=1S/C29H28N2O3/c1-21(19-27(32)31-17-15-30-16-18-31)26-20-24-13-8-14-25(29(24)34-26)33-28(22-9-4-2-5-10-22)23-11-6-3-7-12-23/h2-14,19-20,28,30H,15-18H2,1H3/b21-19+. The molecule has 0 unspecified atom stereocenters. The first-order valence-corrected chi connectivity index (χ1v) is 11.7. The first kappa shape index (κ1) is 22.0. The van der Waals surface area contributed by atoms with Gasteiger partial charge in [-0.1, -0.05) is 72.8 Å². The molecule has 0 spiro atoms. The van der Waals surface area contributed by atoms with E-state index >= 15 is 0 Å². The van der Waals surface area contributed by atoms with Crippen LogP contribution in [0.3, 0.4) is 0 Å². The number of allylic oxidation sites excluding steroid dienone is 1. The number of para-hydroxylation sites is 1. The summed E-state index contributed by atoms with van der Waals surface area (Å²) in [7, 11) is 0. The molecule has 34 heavy (non-hydrogen) atoms. The van der Waals surface area contributed by atoms with Crippen LogP contribution in [0, 0.1) is 0 Å². The molecule has 5 heteroatoms. The summed E-state index contributed by atoms with van der Waals surface area (Å²) in [5.41, 5.74) is 3.61. The van der Waals surface area contributed by atoms with Crippen LogP contribution in [0.25, 0.3) is 16.5 Å². The lowest BCUT2D eigenvalue weighted by atomic mass is 10.0. The van der Waals surface area contributed by atoms with Crippen molar-refractivity contribution in [2.75, 3.05) is 26.2 Å². The molecule has 1 aliphatic rings. The van der Waals surface area contributed by atoms with Gasteiger partial charge in [-0.15, -0.1) is 0 Å². The topological polar surface area (TPSA) is 54.7 Å². The van der Waals surface area contributed by atoms with Crippen LogP contribution < -0.4 is 10.1 Å². The number of hydrogen-bond donors (Lipinski definition) is 1. The van der Waals surface area contributed by atoms with Gasteiger partial charge in [0.1, 0.15) is 11.9 Å². The van der Waals surface area contributed by atoms with E-state index in [-0.39, 0.29) is 12.0 Å². The average Bonchev–Trinajstić information content (AvgIpc) is 3.34. The monoisotopic (exact) mass is 452 g/mol. The second-order valence-electron chi connectivity index (χ2n) is 8.51. The van der Waals surface area contributed by atoms with Crippen molar-refractivity contribution in [2.45, 2.75) is 13.0 Å². The normalized spacial score (nSPS) is 14.5. The van der Waals surface area contributed by atoms with E-state index in [4.69, 9.17) is 9.15 Å². The summed E-state index contributed by atoms with van der Waals surface area (Å²) in [6.45, 7) is 5.01. The Balaban J connectivity index is 1.46. The maximum absolute atomic E-state index is 12.7. The number of rotatable bonds is 6. The lowest BCUT2D eigenvalue weighted by Crippen LogP contribution is -2.45. The average molecular weight is 453 g/mol. The van der Waals surface area contributed by atoms with Gasteiger partial charge < -0.3 is 19.4 Å². The van der Waals surface area contributed by atoms with Crippen LogP contribution >= 0.6 is 0 Å². The maximum Gasteiger partial charge on any atom is 0.247 e. The van der Waals surface area contributed by atoms with Gasteiger partial charge in [0.05, 0.1) is 0 Å². The van der Waals surface area contributed by atoms with Crippen molar-refractivity contribution in [1.29, 1.82) is 0 Å². The van der Waals surface area contributed by atoms with Gasteiger partial charge in [0, 0.05) is 37.6 Å². The fraction of sp³-hybridized carbons (Fsp3) is 0.207. The van der Waals surface area contributed by atoms with E-state index < -0.39 is 0 Å². The van der Waals surface area contributed by atoms with Crippen LogP contribution in [0.1, 0.15) is 29.9 Å². The lowest BCUT2D eigenvalue weighted by molar-refractivity contribution is -0.126. The summed E-state index contributed by atoms with van der Waals surface area (Å²) in [5, 5.41) is 4.21. The quantitative estimate of drug-likeness (QED) is 0.396. The first-order valence-electron chi connectivity index (χ1n) is 11.7. The Labute approximate surface area is 199 Å². The van der Waals surface area contributed by atoms with Gasteiger partial charge in [0.25, 0.3) is 0 Å². The predicted molar refractivity (Wildman–Crippen MR) is 135 cm³/mol. The van der Waals surface area contributed by atoms with E-state index in [2.05, 4.69) is 29.6 Å². The summed E-state index contributed by atoms with van der Waals surface area (Å²) < 4.78 is 12.8. The fourth-order valence-electron chi connectivity index (χ4n) is 4.27. The number of ether oxygens (including phenoxy) is 1. The molecule has 2 heterocycles. The van der Waals surface area contributed by atoms with Gasteiger partial charge in [0.15, 0.2) is 11.3 Å². The SMILES string of the molecule is C/C(=C\C(=O)N1CCNCC1)c1cc2cccc(OC(c3ccccc3)c3ccccc3)c2o1. The van der Waals surface area contributed by atoms with Crippen molar-refractivity contribution >= 4 is 22.4 Å². The van der Waals surface area contributed by atoms with E-state index in [1.807, 2.05) is 72.5 Å². The molecule has 1 aromatic heterocycles. The highest BCUT2D eigenvalue weighted by Crippen LogP contribution is 2.36. The second kappa shape index (κ2) is 9.98. The Morgan fingerprint density at radius 3 is 2.24 bits per heavy atom. The van der Waals surface area contributed by atoms with E-state index in [9.17, 15) is 4.79 Å². The molecule has 3 aromatic carbocycles. The molecule has 5 nitrogen and oxygen atoms in total. The van der Waals surface area contributed by atoms with Crippen molar-refractivity contribution in [3.63, 3.8) is 0 Å². The van der Waals surface area contributed by atoms with Crippen molar-refractivity contribution in [2.24, 2.45) is 0 Å². The van der Waals surface area contributed by atoms with E-state index in [0.29, 0.717) is 17.1 Å². The van der Waals surface area contributed by atoms with Gasteiger partial charge in [-0.05, 0) is 35.8 Å². The Morgan fingerprint density at radius 1 is 0.941 bits per heavy atom. The molecule has 1 aliphatic heterocycles. The summed E-state index contributed by atoms with van der Waals surface area (Å²) in [6.07, 6.45) is 1.40. The number of fused-ring (bicyclic) bond motifs is 1. The Kier molecular flexibility index (Phi) is 6.45. The number of piperazine rings is 1. The smallest absolute Gasteiger partial charge is 0.247 e. The minimum atomic E-state index is -0.271. The number of nitrogens with zero attached hydrogens (tertiary/aromatic N) is 1. The number of nitrogens with one attached hydrogen (secondary N) is 1. The molecule has 0 atom stereocenters. The number of carbonyl (C=O) groups excluding carboxylic acids is 1. The fourth-order valence-corrected chi connectivity index (χ4v) is 4.27. The van der Waals surface area contributed by atoms with E-state index in [1.54, 1.807) is 6.08 Å². The lowest BCUT2D eigenvalue weighted by Gasteiger charge is -2.26. The van der Waals surface area contributed by atoms with Crippen LogP contribution in [0.15, 0.2) is 95.4 Å². The number of amides is 1. The molecule has 1 fully saturated rings. The van der Waals surface area contributed by atoms with E-state index in [1.165, 1.54) is 0 Å². The molecule has 172 valence electrons. The highest BCUT2D eigenvalue weighted by molar-refractivity contribution is 5.96. The summed E-state index contributed by atoms with van der Waals surface area (Å²) in [4.78, 5) is 14.5. The third-order valence-electron chi connectivity index (χ3n) is 6.11. The van der Waals surface area contributed by atoms with Gasteiger partial charge in [-0.3, -0.25) is 4.79 Å². The molecule has 0 radical (unpaired) electrons. The zero-order chi connectivity index (χ0) is 23.3. The minimum absolute atomic E-state index is 0.0177. The molecule has 1 amide bonds. The number of benzene rings is 3. The van der Waals surface area contributed by atoms with Crippen molar-refractivity contribution < 1.29 is 13.9 Å². The van der Waals surface area contributed by atoms with Crippen molar-refractivity contribution in [3.05, 3.63) is 108 Å². The molecule has 5 rings (SSSR count). The number of furan rings is 1. The van der Waals surface area contributed by atoms with Gasteiger partial charge >= 0.3 is 0 Å². The maximum atomic E-state index is 12.7. The molecule has 1 saturated heterocycles. The number of hydrogen-bond acceptors (Lipinski definition) is 4. The Bertz CT molecular complexity index is 1250. The summed E-state index contributed by atoms with van der Waals surface area (Å²) in [6, 6.07) is 28.2. The minimum Gasteiger partial charge on any atom is -0.477 e. The molecular weight excluding hydrogens is 424 g/mol. The van der Waals surface area contributed by atoms with Gasteiger partial charge in [-0.2, -0.15) is 0 Å². The summed E-state index contributed by atoms with van der Waals surface area (Å²) in [5.74, 6) is 1.36. The van der Waals surface area contributed by atoms with Crippen LogP contribution in [0.4, 0.5) is 0 Å². The zero-order valence-electron chi connectivity index (χ0n) is 19.2. The molecule has 0 bridgehead atoms. The van der Waals surface area contributed by atoms with Crippen LogP contribution in [0.2, 0.25) is 0 Å². The second-order valence-corrected chi connectivity index (χ2v) is 8.51. The van der Waals surface area contributed by atoms with Gasteiger partial charge in [0.2, 0.25) is 5.91 Å². The largest absolute Gasteiger partial charge is 0.477 e. The third kappa shape index (κ3) is 4.75. The molecule has 1 N–H and O–H groups in total. The van der Waals surface area contributed by atoms with Crippen LogP contribution in [0.5, 0.6) is 5.75 Å². The van der Waals surface area contributed by atoms with Gasteiger partial charge in [-0.25, -0.2) is 0 Å². The van der Waals surface area contributed by atoms with Crippen molar-refractivity contribution in [1.82, 2.24) is 10.2 Å². The predicted octanol–water partition coefficient (Wildman–Crippen LogP) is 5.44. The highest BCUT2D eigenvalue weighted by Gasteiger charge is 2.20. The van der Waals surface area contributed by atoms with Crippen molar-refractivity contribution in [3.8, 4) is 5.75 Å². The molecule has 4 aromatic rings. The molecular formula is C29H28N2O3. The Morgan fingerprint density at radius 2 is 1.59 bits per heavy atom. The van der Waals surface area contributed by atoms with Crippen LogP contribution in [-0.2, 0) is 4.79 Å². The highest BCUT2D eigenvalue weighted by atomic mass is 16.5. The third-order valence-corrected chi connectivity index (χ3v) is 6.11. The Hall–Kier alpha value is -3.83. The molecule has 0 saturated carbocycles. The zero-order valence-corrected chi connectivity index (χ0v) is 19.2. The molecule has 0 aliphatic carbocycles. The van der Waals surface area contributed by atoms with E-state index in [0.717, 1.165) is 48.3 Å². The first-order chi connectivity index (χ1) is 16.7. The van der Waals surface area contributed by atoms with Crippen LogP contribution in [-0.4, -0.2) is 37.0 Å². The number of carbonyl (C=O) groups is 1. The summed E-state index contributed by atoms with van der Waals surface area (Å²) >= 11 is 0.